The van der Waals surface area contributed by atoms with Crippen LogP contribution in [0.15, 0.2) is 40.9 Å². The quantitative estimate of drug-likeness (QED) is 0.858. The summed E-state index contributed by atoms with van der Waals surface area (Å²) in [6, 6.07) is 7.90. The van der Waals surface area contributed by atoms with E-state index in [2.05, 4.69) is 27.6 Å². The van der Waals surface area contributed by atoms with Crippen LogP contribution in [0.25, 0.3) is 11.4 Å². The maximum Gasteiger partial charge on any atom is 0.246 e. The molecule has 2 bridgehead atoms. The summed E-state index contributed by atoms with van der Waals surface area (Å²) in [6.07, 6.45) is 7.53. The number of aromatic nitrogens is 2. The van der Waals surface area contributed by atoms with E-state index in [0.29, 0.717) is 35.9 Å². The van der Waals surface area contributed by atoms with E-state index in [1.807, 2.05) is 31.2 Å². The first-order valence-electron chi connectivity index (χ1n) is 8.52. The van der Waals surface area contributed by atoms with Crippen molar-refractivity contribution in [3.63, 3.8) is 0 Å². The molecule has 124 valence electrons. The standard InChI is InChI=1S/C19H21N3O2/c1-12-4-2-3-5-16(12)19-21-18(24-22-19)11-20-17(23)10-15-9-13-6-7-14(15)8-13/h2-7,13-15H,8-11H2,1H3,(H,20,23). The van der Waals surface area contributed by atoms with Crippen LogP contribution in [0.3, 0.4) is 0 Å². The van der Waals surface area contributed by atoms with Gasteiger partial charge < -0.3 is 9.84 Å². The first kappa shape index (κ1) is 15.1. The van der Waals surface area contributed by atoms with Crippen LogP contribution in [-0.2, 0) is 11.3 Å². The number of carbonyl (C=O) groups is 1. The van der Waals surface area contributed by atoms with Gasteiger partial charge in [-0.1, -0.05) is 41.6 Å². The van der Waals surface area contributed by atoms with E-state index in [1.54, 1.807) is 0 Å². The van der Waals surface area contributed by atoms with E-state index in [-0.39, 0.29) is 12.5 Å². The monoisotopic (exact) mass is 323 g/mol. The van der Waals surface area contributed by atoms with Crippen molar-refractivity contribution in [2.45, 2.75) is 32.7 Å². The van der Waals surface area contributed by atoms with Gasteiger partial charge in [-0.3, -0.25) is 4.79 Å². The zero-order valence-corrected chi connectivity index (χ0v) is 13.7. The molecule has 0 saturated heterocycles. The number of aryl methyl sites for hydroxylation is 1. The number of hydrogen-bond donors (Lipinski definition) is 1. The third-order valence-corrected chi connectivity index (χ3v) is 5.15. The highest BCUT2D eigenvalue weighted by Gasteiger charge is 2.36. The summed E-state index contributed by atoms with van der Waals surface area (Å²) in [4.78, 5) is 16.5. The van der Waals surface area contributed by atoms with Crippen molar-refractivity contribution in [1.82, 2.24) is 15.5 Å². The second kappa shape index (κ2) is 6.23. The maximum atomic E-state index is 12.2. The van der Waals surface area contributed by atoms with Crippen molar-refractivity contribution in [3.05, 3.63) is 47.9 Å². The van der Waals surface area contributed by atoms with Gasteiger partial charge in [0.1, 0.15) is 0 Å². The van der Waals surface area contributed by atoms with Crippen LogP contribution < -0.4 is 5.32 Å². The normalized spacial score (nSPS) is 24.5. The minimum Gasteiger partial charge on any atom is -0.347 e. The highest BCUT2D eigenvalue weighted by Crippen LogP contribution is 2.44. The number of allylic oxidation sites excluding steroid dienone is 2. The smallest absolute Gasteiger partial charge is 0.246 e. The first-order chi connectivity index (χ1) is 11.7. The molecule has 3 atom stereocenters. The Morgan fingerprint density at radius 1 is 1.29 bits per heavy atom. The van der Waals surface area contributed by atoms with E-state index in [0.717, 1.165) is 17.5 Å². The molecule has 0 radical (unpaired) electrons. The van der Waals surface area contributed by atoms with E-state index in [9.17, 15) is 4.79 Å². The molecule has 1 aromatic carbocycles. The van der Waals surface area contributed by atoms with Crippen LogP contribution >= 0.6 is 0 Å². The number of benzene rings is 1. The predicted octanol–water partition coefficient (Wildman–Crippen LogP) is 3.26. The Balaban J connectivity index is 1.32. The molecule has 1 saturated carbocycles. The number of carbonyl (C=O) groups excluding carboxylic acids is 1. The van der Waals surface area contributed by atoms with Crippen molar-refractivity contribution in [2.75, 3.05) is 0 Å². The molecule has 1 aromatic heterocycles. The summed E-state index contributed by atoms with van der Waals surface area (Å²) >= 11 is 0. The largest absolute Gasteiger partial charge is 0.347 e. The Morgan fingerprint density at radius 3 is 2.92 bits per heavy atom. The highest BCUT2D eigenvalue weighted by atomic mass is 16.5. The lowest BCUT2D eigenvalue weighted by Crippen LogP contribution is -2.26. The molecule has 0 aliphatic heterocycles. The zero-order chi connectivity index (χ0) is 16.5. The average Bonchev–Trinajstić information content (AvgIpc) is 3.30. The minimum atomic E-state index is 0.0663. The molecule has 5 heteroatoms. The molecule has 1 N–H and O–H groups in total. The van der Waals surface area contributed by atoms with Gasteiger partial charge in [0.2, 0.25) is 17.6 Å². The summed E-state index contributed by atoms with van der Waals surface area (Å²) in [5, 5.41) is 6.92. The lowest BCUT2D eigenvalue weighted by atomic mass is 9.90. The van der Waals surface area contributed by atoms with Crippen LogP contribution in [0.2, 0.25) is 0 Å². The van der Waals surface area contributed by atoms with Crippen LogP contribution in [0, 0.1) is 24.7 Å². The third kappa shape index (κ3) is 2.98. The zero-order valence-electron chi connectivity index (χ0n) is 13.7. The van der Waals surface area contributed by atoms with Gasteiger partial charge in [0, 0.05) is 12.0 Å². The summed E-state index contributed by atoms with van der Waals surface area (Å²) in [6.45, 7) is 2.30. The summed E-state index contributed by atoms with van der Waals surface area (Å²) in [7, 11) is 0. The lowest BCUT2D eigenvalue weighted by Gasteiger charge is -2.16. The van der Waals surface area contributed by atoms with E-state index >= 15 is 0 Å². The average molecular weight is 323 g/mol. The van der Waals surface area contributed by atoms with Gasteiger partial charge in [-0.2, -0.15) is 4.98 Å². The molecule has 1 amide bonds. The number of nitrogens with zero attached hydrogens (tertiary/aromatic N) is 2. The summed E-state index contributed by atoms with van der Waals surface area (Å²) in [5.74, 6) is 2.85. The lowest BCUT2D eigenvalue weighted by molar-refractivity contribution is -0.122. The predicted molar refractivity (Wildman–Crippen MR) is 89.8 cm³/mol. The molecule has 5 nitrogen and oxygen atoms in total. The van der Waals surface area contributed by atoms with Gasteiger partial charge in [0.15, 0.2) is 0 Å². The Labute approximate surface area is 141 Å². The fourth-order valence-corrected chi connectivity index (χ4v) is 3.87. The topological polar surface area (TPSA) is 68.0 Å². The van der Waals surface area contributed by atoms with Crippen LogP contribution in [-0.4, -0.2) is 16.0 Å². The van der Waals surface area contributed by atoms with Gasteiger partial charge in [0.05, 0.1) is 6.54 Å². The fraction of sp³-hybridized carbons (Fsp3) is 0.421. The van der Waals surface area contributed by atoms with Crippen LogP contribution in [0.4, 0.5) is 0 Å². The second-order valence-electron chi connectivity index (χ2n) is 6.85. The van der Waals surface area contributed by atoms with E-state index in [1.165, 1.54) is 6.42 Å². The molecule has 24 heavy (non-hydrogen) atoms. The summed E-state index contributed by atoms with van der Waals surface area (Å²) in [5.41, 5.74) is 2.05. The van der Waals surface area contributed by atoms with Crippen molar-refractivity contribution in [2.24, 2.45) is 17.8 Å². The second-order valence-corrected chi connectivity index (χ2v) is 6.85. The molecule has 2 aliphatic rings. The molecular formula is C19H21N3O2. The number of amides is 1. The first-order valence-corrected chi connectivity index (χ1v) is 8.52. The van der Waals surface area contributed by atoms with Gasteiger partial charge in [0.25, 0.3) is 0 Å². The van der Waals surface area contributed by atoms with Gasteiger partial charge in [-0.05, 0) is 43.1 Å². The van der Waals surface area contributed by atoms with E-state index in [4.69, 9.17) is 4.52 Å². The molecule has 2 aliphatic carbocycles. The molecule has 4 rings (SSSR count). The highest BCUT2D eigenvalue weighted by molar-refractivity contribution is 5.76. The van der Waals surface area contributed by atoms with Gasteiger partial charge in [-0.25, -0.2) is 0 Å². The minimum absolute atomic E-state index is 0.0663. The Kier molecular flexibility index (Phi) is 3.92. The maximum absolute atomic E-state index is 12.2. The van der Waals surface area contributed by atoms with Crippen molar-refractivity contribution < 1.29 is 9.32 Å². The van der Waals surface area contributed by atoms with Crippen molar-refractivity contribution in [1.29, 1.82) is 0 Å². The van der Waals surface area contributed by atoms with Crippen LogP contribution in [0.1, 0.15) is 30.7 Å². The number of rotatable bonds is 5. The molecule has 1 fully saturated rings. The Bertz CT molecular complexity index is 780. The number of fused-ring (bicyclic) bond motifs is 2. The molecule has 0 spiro atoms. The Morgan fingerprint density at radius 2 is 2.17 bits per heavy atom. The molecule has 1 heterocycles. The Hall–Kier alpha value is -2.43. The van der Waals surface area contributed by atoms with Crippen molar-refractivity contribution in [3.8, 4) is 11.4 Å². The SMILES string of the molecule is Cc1ccccc1-c1noc(CNC(=O)CC2CC3C=CC2C3)n1. The molecular weight excluding hydrogens is 302 g/mol. The summed E-state index contributed by atoms with van der Waals surface area (Å²) < 4.78 is 5.26. The van der Waals surface area contributed by atoms with Crippen molar-refractivity contribution >= 4 is 5.91 Å². The fourth-order valence-electron chi connectivity index (χ4n) is 3.87. The number of nitrogens with one attached hydrogen (secondary N) is 1. The van der Waals surface area contributed by atoms with Gasteiger partial charge >= 0.3 is 0 Å². The molecule has 3 unspecified atom stereocenters. The third-order valence-electron chi connectivity index (χ3n) is 5.15. The van der Waals surface area contributed by atoms with E-state index < -0.39 is 0 Å². The van der Waals surface area contributed by atoms with Crippen LogP contribution in [0.5, 0.6) is 0 Å². The van der Waals surface area contributed by atoms with Gasteiger partial charge in [-0.15, -0.1) is 0 Å². The number of hydrogen-bond acceptors (Lipinski definition) is 4. The molecule has 2 aromatic rings.